The van der Waals surface area contributed by atoms with Gasteiger partial charge in [0, 0.05) is 17.2 Å². The number of hydrogen-bond acceptors (Lipinski definition) is 7. The van der Waals surface area contributed by atoms with Gasteiger partial charge in [0.2, 0.25) is 0 Å². The SMILES string of the molecule is COc1ccc(C(=O)NN=Cc2ccc(OC(=O)c3ccccc3)cc2OC(=O)c2ccccc2)cc1. The van der Waals surface area contributed by atoms with Crippen molar-refractivity contribution in [2.75, 3.05) is 7.11 Å². The Bertz CT molecular complexity index is 1420. The van der Waals surface area contributed by atoms with E-state index in [1.807, 2.05) is 0 Å². The first kappa shape index (κ1) is 24.9. The zero-order chi connectivity index (χ0) is 26.0. The molecular formula is C29H22N2O6. The van der Waals surface area contributed by atoms with Crippen molar-refractivity contribution >= 4 is 24.1 Å². The molecule has 0 bridgehead atoms. The Labute approximate surface area is 213 Å². The van der Waals surface area contributed by atoms with E-state index in [-0.39, 0.29) is 11.5 Å². The lowest BCUT2D eigenvalue weighted by Crippen LogP contribution is -2.17. The second-order valence-corrected chi connectivity index (χ2v) is 7.64. The quantitative estimate of drug-likeness (QED) is 0.162. The van der Waals surface area contributed by atoms with E-state index >= 15 is 0 Å². The Hall–Kier alpha value is -5.24. The van der Waals surface area contributed by atoms with Crippen molar-refractivity contribution in [1.82, 2.24) is 5.43 Å². The molecule has 4 aromatic rings. The van der Waals surface area contributed by atoms with E-state index in [1.165, 1.54) is 25.5 Å². The molecule has 184 valence electrons. The Balaban J connectivity index is 1.54. The van der Waals surface area contributed by atoms with Crippen LogP contribution in [0.1, 0.15) is 36.6 Å². The number of esters is 2. The number of ether oxygens (including phenoxy) is 3. The fourth-order valence-electron chi connectivity index (χ4n) is 3.21. The van der Waals surface area contributed by atoms with E-state index in [0.717, 1.165) is 0 Å². The molecule has 1 amide bonds. The molecule has 0 radical (unpaired) electrons. The van der Waals surface area contributed by atoms with E-state index < -0.39 is 17.8 Å². The number of hydrogen-bond donors (Lipinski definition) is 1. The zero-order valence-electron chi connectivity index (χ0n) is 19.8. The molecule has 4 aromatic carbocycles. The number of amides is 1. The van der Waals surface area contributed by atoms with Crippen LogP contribution in [0, 0.1) is 0 Å². The molecule has 1 N–H and O–H groups in total. The summed E-state index contributed by atoms with van der Waals surface area (Å²) in [6.45, 7) is 0. The highest BCUT2D eigenvalue weighted by molar-refractivity contribution is 5.96. The number of rotatable bonds is 8. The van der Waals surface area contributed by atoms with E-state index in [0.29, 0.717) is 28.0 Å². The van der Waals surface area contributed by atoms with Crippen molar-refractivity contribution in [3.63, 3.8) is 0 Å². The van der Waals surface area contributed by atoms with Crippen LogP contribution in [-0.2, 0) is 0 Å². The molecule has 0 saturated carbocycles. The first-order chi connectivity index (χ1) is 18.0. The normalized spacial score (nSPS) is 10.5. The minimum absolute atomic E-state index is 0.0923. The van der Waals surface area contributed by atoms with Crippen molar-refractivity contribution in [1.29, 1.82) is 0 Å². The van der Waals surface area contributed by atoms with Crippen LogP contribution < -0.4 is 19.6 Å². The highest BCUT2D eigenvalue weighted by Gasteiger charge is 2.15. The first-order valence-electron chi connectivity index (χ1n) is 11.2. The molecule has 37 heavy (non-hydrogen) atoms. The minimum atomic E-state index is -0.607. The van der Waals surface area contributed by atoms with Gasteiger partial charge in [-0.3, -0.25) is 4.79 Å². The van der Waals surface area contributed by atoms with Crippen molar-refractivity contribution in [2.24, 2.45) is 5.10 Å². The number of hydrazone groups is 1. The molecule has 0 saturated heterocycles. The predicted octanol–water partition coefficient (Wildman–Crippen LogP) is 4.90. The largest absolute Gasteiger partial charge is 0.497 e. The highest BCUT2D eigenvalue weighted by atomic mass is 16.5. The number of carbonyl (C=O) groups excluding carboxylic acids is 3. The smallest absolute Gasteiger partial charge is 0.343 e. The summed E-state index contributed by atoms with van der Waals surface area (Å²) in [6, 6.07) is 28.0. The minimum Gasteiger partial charge on any atom is -0.497 e. The lowest BCUT2D eigenvalue weighted by molar-refractivity contribution is 0.0732. The predicted molar refractivity (Wildman–Crippen MR) is 137 cm³/mol. The molecule has 4 rings (SSSR count). The average Bonchev–Trinajstić information content (AvgIpc) is 2.95. The van der Waals surface area contributed by atoms with Gasteiger partial charge in [-0.25, -0.2) is 15.0 Å². The summed E-state index contributed by atoms with van der Waals surface area (Å²) in [7, 11) is 1.54. The molecule has 8 nitrogen and oxygen atoms in total. The van der Waals surface area contributed by atoms with E-state index in [2.05, 4.69) is 10.5 Å². The van der Waals surface area contributed by atoms with E-state index in [1.54, 1.807) is 91.0 Å². The maximum atomic E-state index is 12.7. The maximum absolute atomic E-state index is 12.7. The Morgan fingerprint density at radius 3 is 1.84 bits per heavy atom. The second-order valence-electron chi connectivity index (χ2n) is 7.64. The highest BCUT2D eigenvalue weighted by Crippen LogP contribution is 2.26. The third-order valence-electron chi connectivity index (χ3n) is 5.14. The zero-order valence-corrected chi connectivity index (χ0v) is 19.8. The number of nitrogens with one attached hydrogen (secondary N) is 1. The van der Waals surface area contributed by atoms with Crippen LogP contribution in [0.3, 0.4) is 0 Å². The van der Waals surface area contributed by atoms with Crippen LogP contribution in [0.25, 0.3) is 0 Å². The Kier molecular flexibility index (Phi) is 8.03. The van der Waals surface area contributed by atoms with Crippen LogP contribution in [0.5, 0.6) is 17.2 Å². The Morgan fingerprint density at radius 2 is 1.24 bits per heavy atom. The van der Waals surface area contributed by atoms with Crippen LogP contribution in [0.2, 0.25) is 0 Å². The van der Waals surface area contributed by atoms with Gasteiger partial charge in [-0.2, -0.15) is 5.10 Å². The summed E-state index contributed by atoms with van der Waals surface area (Å²) >= 11 is 0. The summed E-state index contributed by atoms with van der Waals surface area (Å²) in [4.78, 5) is 37.5. The van der Waals surface area contributed by atoms with Gasteiger partial charge < -0.3 is 14.2 Å². The van der Waals surface area contributed by atoms with Crippen molar-refractivity contribution in [3.05, 3.63) is 125 Å². The number of methoxy groups -OCH3 is 1. The molecule has 0 unspecified atom stereocenters. The Morgan fingerprint density at radius 1 is 0.676 bits per heavy atom. The van der Waals surface area contributed by atoms with Gasteiger partial charge in [0.05, 0.1) is 24.5 Å². The fourth-order valence-corrected chi connectivity index (χ4v) is 3.21. The lowest BCUT2D eigenvalue weighted by atomic mass is 10.2. The number of nitrogens with zero attached hydrogens (tertiary/aromatic N) is 1. The van der Waals surface area contributed by atoms with Crippen molar-refractivity contribution in [2.45, 2.75) is 0 Å². The fraction of sp³-hybridized carbons (Fsp3) is 0.0345. The van der Waals surface area contributed by atoms with Crippen LogP contribution in [0.4, 0.5) is 0 Å². The number of benzene rings is 4. The van der Waals surface area contributed by atoms with Gasteiger partial charge in [-0.15, -0.1) is 0 Å². The molecule has 0 heterocycles. The molecule has 0 atom stereocenters. The van der Waals surface area contributed by atoms with Gasteiger partial charge in [-0.05, 0) is 60.7 Å². The summed E-state index contributed by atoms with van der Waals surface area (Å²) in [6.07, 6.45) is 1.33. The molecule has 0 aromatic heterocycles. The van der Waals surface area contributed by atoms with Crippen molar-refractivity contribution < 1.29 is 28.6 Å². The van der Waals surface area contributed by atoms with Gasteiger partial charge in [0.25, 0.3) is 5.91 Å². The molecule has 0 aliphatic carbocycles. The first-order valence-corrected chi connectivity index (χ1v) is 11.2. The standard InChI is InChI=1S/C29H22N2O6/c1-35-24-15-12-20(13-16-24)27(32)31-30-19-23-14-17-25(36-28(33)21-8-4-2-5-9-21)18-26(23)37-29(34)22-10-6-3-7-11-22/h2-19H,1H3,(H,31,32). The van der Waals surface area contributed by atoms with Crippen LogP contribution in [-0.4, -0.2) is 31.2 Å². The van der Waals surface area contributed by atoms with Crippen LogP contribution in [0.15, 0.2) is 108 Å². The monoisotopic (exact) mass is 494 g/mol. The summed E-state index contributed by atoms with van der Waals surface area (Å²) in [5.41, 5.74) is 3.90. The lowest BCUT2D eigenvalue weighted by Gasteiger charge is -2.10. The molecule has 8 heteroatoms. The van der Waals surface area contributed by atoms with Crippen molar-refractivity contribution in [3.8, 4) is 17.2 Å². The van der Waals surface area contributed by atoms with E-state index in [4.69, 9.17) is 14.2 Å². The second kappa shape index (κ2) is 11.9. The van der Waals surface area contributed by atoms with Gasteiger partial charge in [-0.1, -0.05) is 36.4 Å². The molecular weight excluding hydrogens is 472 g/mol. The third kappa shape index (κ3) is 6.67. The summed E-state index contributed by atoms with van der Waals surface area (Å²) in [5.74, 6) is -0.718. The number of carbonyl (C=O) groups is 3. The summed E-state index contributed by atoms with van der Waals surface area (Å²) in [5, 5.41) is 3.98. The topological polar surface area (TPSA) is 103 Å². The summed E-state index contributed by atoms with van der Waals surface area (Å²) < 4.78 is 16.1. The van der Waals surface area contributed by atoms with Gasteiger partial charge in [0.1, 0.15) is 17.2 Å². The molecule has 0 fully saturated rings. The molecule has 0 aliphatic heterocycles. The molecule has 0 spiro atoms. The van der Waals surface area contributed by atoms with Crippen LogP contribution >= 0.6 is 0 Å². The molecule has 0 aliphatic rings. The average molecular weight is 495 g/mol. The maximum Gasteiger partial charge on any atom is 0.343 e. The van der Waals surface area contributed by atoms with Gasteiger partial charge in [0.15, 0.2) is 0 Å². The van der Waals surface area contributed by atoms with E-state index in [9.17, 15) is 14.4 Å². The third-order valence-corrected chi connectivity index (χ3v) is 5.14. The van der Waals surface area contributed by atoms with Gasteiger partial charge >= 0.3 is 11.9 Å².